The van der Waals surface area contributed by atoms with Gasteiger partial charge in [0.25, 0.3) is 0 Å². The number of ether oxygens (including phenoxy) is 1. The zero-order valence-corrected chi connectivity index (χ0v) is 9.82. The highest BCUT2D eigenvalue weighted by Gasteiger charge is 2.45. The second-order valence-corrected chi connectivity index (χ2v) is 4.60. The Morgan fingerprint density at radius 1 is 1.35 bits per heavy atom. The first kappa shape index (κ1) is 12.5. The lowest BCUT2D eigenvalue weighted by atomic mass is 10.0. The van der Waals surface area contributed by atoms with E-state index < -0.39 is 17.3 Å². The number of hydrogen-bond acceptors (Lipinski definition) is 2. The minimum Gasteiger partial charge on any atom is -0.496 e. The average molecular weight is 266 g/mol. The summed E-state index contributed by atoms with van der Waals surface area (Å²) in [5.74, 6) is 0.102. The third-order valence-corrected chi connectivity index (χ3v) is 3.19. The lowest BCUT2D eigenvalue weighted by Gasteiger charge is -2.18. The molecular formula is C11H11ClF3NO. The molecule has 94 valence electrons. The number of nitrogens with two attached hydrogens (primary N) is 1. The van der Waals surface area contributed by atoms with Crippen molar-refractivity contribution in [3.63, 3.8) is 0 Å². The maximum Gasteiger partial charge on any atom is 0.416 e. The van der Waals surface area contributed by atoms with Gasteiger partial charge in [0.05, 0.1) is 12.7 Å². The van der Waals surface area contributed by atoms with Crippen LogP contribution in [-0.4, -0.2) is 7.11 Å². The van der Waals surface area contributed by atoms with Crippen LogP contribution in [0.2, 0.25) is 5.02 Å². The maximum absolute atomic E-state index is 12.6. The highest BCUT2D eigenvalue weighted by atomic mass is 35.5. The first-order chi connectivity index (χ1) is 7.78. The van der Waals surface area contributed by atoms with E-state index in [1.165, 1.54) is 7.11 Å². The van der Waals surface area contributed by atoms with Gasteiger partial charge < -0.3 is 10.5 Å². The van der Waals surface area contributed by atoms with Crippen molar-refractivity contribution in [1.82, 2.24) is 0 Å². The van der Waals surface area contributed by atoms with E-state index >= 15 is 0 Å². The molecule has 2 rings (SSSR count). The molecule has 1 aromatic rings. The van der Waals surface area contributed by atoms with E-state index in [1.54, 1.807) is 0 Å². The molecule has 1 aromatic carbocycles. The van der Waals surface area contributed by atoms with E-state index in [-0.39, 0.29) is 10.8 Å². The van der Waals surface area contributed by atoms with Gasteiger partial charge in [-0.3, -0.25) is 0 Å². The lowest BCUT2D eigenvalue weighted by Crippen LogP contribution is -2.21. The largest absolute Gasteiger partial charge is 0.496 e. The molecule has 17 heavy (non-hydrogen) atoms. The molecule has 2 nitrogen and oxygen atoms in total. The molecule has 0 bridgehead atoms. The summed E-state index contributed by atoms with van der Waals surface area (Å²) in [6, 6.07) is 1.83. The molecule has 1 saturated carbocycles. The molecular weight excluding hydrogens is 255 g/mol. The molecule has 0 aromatic heterocycles. The predicted octanol–water partition coefficient (Wildman–Crippen LogP) is 3.32. The number of benzene rings is 1. The van der Waals surface area contributed by atoms with Gasteiger partial charge in [0.1, 0.15) is 5.75 Å². The summed E-state index contributed by atoms with van der Waals surface area (Å²) >= 11 is 5.88. The summed E-state index contributed by atoms with van der Waals surface area (Å²) in [5, 5.41) is 0.0108. The Kier molecular flexibility index (Phi) is 2.78. The number of alkyl halides is 3. The van der Waals surface area contributed by atoms with Gasteiger partial charge in [-0.2, -0.15) is 13.2 Å². The summed E-state index contributed by atoms with van der Waals surface area (Å²) in [7, 11) is 1.31. The van der Waals surface area contributed by atoms with Crippen molar-refractivity contribution in [1.29, 1.82) is 0 Å². The van der Waals surface area contributed by atoms with E-state index in [9.17, 15) is 13.2 Å². The van der Waals surface area contributed by atoms with Gasteiger partial charge in [0.2, 0.25) is 0 Å². The number of halogens is 4. The zero-order valence-electron chi connectivity index (χ0n) is 9.07. The van der Waals surface area contributed by atoms with Crippen LogP contribution in [0.3, 0.4) is 0 Å². The fraction of sp³-hybridized carbons (Fsp3) is 0.455. The molecule has 1 aliphatic carbocycles. The predicted molar refractivity (Wildman–Crippen MR) is 58.1 cm³/mol. The first-order valence-electron chi connectivity index (χ1n) is 5.02. The fourth-order valence-corrected chi connectivity index (χ4v) is 2.17. The first-order valence-corrected chi connectivity index (χ1v) is 5.40. The van der Waals surface area contributed by atoms with Crippen LogP contribution >= 0.6 is 11.6 Å². The molecule has 0 aliphatic heterocycles. The molecule has 2 N–H and O–H groups in total. The smallest absolute Gasteiger partial charge is 0.416 e. The Bertz CT molecular complexity index is 455. The van der Waals surface area contributed by atoms with Crippen LogP contribution < -0.4 is 10.5 Å². The Labute approximate surface area is 102 Å². The number of hydrogen-bond donors (Lipinski definition) is 1. The molecule has 0 atom stereocenters. The van der Waals surface area contributed by atoms with Gasteiger partial charge in [-0.05, 0) is 25.0 Å². The van der Waals surface area contributed by atoms with Gasteiger partial charge in [-0.25, -0.2) is 0 Å². The van der Waals surface area contributed by atoms with Crippen LogP contribution in [0.1, 0.15) is 24.0 Å². The Morgan fingerprint density at radius 2 is 1.94 bits per heavy atom. The Balaban J connectivity index is 2.56. The van der Waals surface area contributed by atoms with Crippen molar-refractivity contribution < 1.29 is 17.9 Å². The molecule has 1 fully saturated rings. The zero-order chi connectivity index (χ0) is 12.8. The quantitative estimate of drug-likeness (QED) is 0.890. The van der Waals surface area contributed by atoms with Gasteiger partial charge in [0, 0.05) is 16.1 Å². The normalized spacial score (nSPS) is 18.0. The summed E-state index contributed by atoms with van der Waals surface area (Å²) in [6.07, 6.45) is -3.04. The van der Waals surface area contributed by atoms with E-state index in [1.807, 2.05) is 0 Å². The second-order valence-electron chi connectivity index (χ2n) is 4.19. The number of methoxy groups -OCH3 is 1. The molecule has 0 spiro atoms. The van der Waals surface area contributed by atoms with Crippen LogP contribution in [0, 0.1) is 0 Å². The van der Waals surface area contributed by atoms with Crippen LogP contribution in [-0.2, 0) is 11.7 Å². The van der Waals surface area contributed by atoms with Gasteiger partial charge in [0.15, 0.2) is 0 Å². The molecule has 6 heteroatoms. The van der Waals surface area contributed by atoms with Crippen LogP contribution in [0.25, 0.3) is 0 Å². The highest BCUT2D eigenvalue weighted by molar-refractivity contribution is 6.31. The lowest BCUT2D eigenvalue weighted by molar-refractivity contribution is -0.137. The third-order valence-electron chi connectivity index (χ3n) is 2.89. The minimum atomic E-state index is -4.44. The SMILES string of the molecule is COc1cc(C(F)(F)F)cc(Cl)c1C1(N)CC1. The van der Waals surface area contributed by atoms with Crippen molar-refractivity contribution in [3.05, 3.63) is 28.3 Å². The van der Waals surface area contributed by atoms with Crippen molar-refractivity contribution >= 4 is 11.6 Å². The topological polar surface area (TPSA) is 35.2 Å². The van der Waals surface area contributed by atoms with E-state index in [0.717, 1.165) is 12.1 Å². The van der Waals surface area contributed by atoms with Gasteiger partial charge >= 0.3 is 6.18 Å². The molecule has 0 unspecified atom stereocenters. The second kappa shape index (κ2) is 3.78. The third kappa shape index (κ3) is 2.21. The number of rotatable bonds is 2. The Hall–Kier alpha value is -0.940. The van der Waals surface area contributed by atoms with E-state index in [4.69, 9.17) is 22.1 Å². The molecule has 0 amide bonds. The summed E-state index contributed by atoms with van der Waals surface area (Å²) in [5.41, 5.74) is 4.97. The van der Waals surface area contributed by atoms with Gasteiger partial charge in [-0.15, -0.1) is 0 Å². The summed E-state index contributed by atoms with van der Waals surface area (Å²) in [6.45, 7) is 0. The van der Waals surface area contributed by atoms with Crippen LogP contribution in [0.4, 0.5) is 13.2 Å². The van der Waals surface area contributed by atoms with Gasteiger partial charge in [-0.1, -0.05) is 11.6 Å². The van der Waals surface area contributed by atoms with Crippen LogP contribution in [0.5, 0.6) is 5.75 Å². The molecule has 0 saturated heterocycles. The molecule has 0 radical (unpaired) electrons. The Morgan fingerprint density at radius 3 is 2.35 bits per heavy atom. The van der Waals surface area contributed by atoms with Crippen molar-refractivity contribution in [2.24, 2.45) is 5.73 Å². The van der Waals surface area contributed by atoms with Crippen molar-refractivity contribution in [2.75, 3.05) is 7.11 Å². The molecule has 1 aliphatic rings. The summed E-state index contributed by atoms with van der Waals surface area (Å²) in [4.78, 5) is 0. The van der Waals surface area contributed by atoms with Crippen molar-refractivity contribution in [2.45, 2.75) is 24.6 Å². The average Bonchev–Trinajstić information content (AvgIpc) is 2.94. The maximum atomic E-state index is 12.6. The highest BCUT2D eigenvalue weighted by Crippen LogP contribution is 2.50. The van der Waals surface area contributed by atoms with E-state index in [2.05, 4.69) is 0 Å². The monoisotopic (exact) mass is 265 g/mol. The fourth-order valence-electron chi connectivity index (χ4n) is 1.77. The molecule has 0 heterocycles. The standard InChI is InChI=1S/C11H11ClF3NO/c1-17-8-5-6(11(13,14)15)4-7(12)9(8)10(16)2-3-10/h4-5H,2-3,16H2,1H3. The summed E-state index contributed by atoms with van der Waals surface area (Å²) < 4.78 is 42.7. The van der Waals surface area contributed by atoms with E-state index in [0.29, 0.717) is 18.4 Å². The van der Waals surface area contributed by atoms with Crippen LogP contribution in [0.15, 0.2) is 12.1 Å². The minimum absolute atomic E-state index is 0.0108. The van der Waals surface area contributed by atoms with Crippen molar-refractivity contribution in [3.8, 4) is 5.75 Å².